The molecule has 2 atom stereocenters. The largest absolute Gasteiger partial charge is 0.443 e. The molecule has 1 aromatic heterocycles. The summed E-state index contributed by atoms with van der Waals surface area (Å²) in [5, 5.41) is 2.67. The quantitative estimate of drug-likeness (QED) is 0.656. The molecule has 0 amide bonds. The molecule has 1 rings (SSSR count). The highest BCUT2D eigenvalue weighted by molar-refractivity contribution is 7.11. The Balaban J connectivity index is 2.92. The van der Waals surface area contributed by atoms with Gasteiger partial charge in [-0.15, -0.1) is 11.3 Å². The second-order valence-electron chi connectivity index (χ2n) is 5.31. The maximum atomic E-state index is 12.7. The molecule has 0 radical (unpaired) electrons. The van der Waals surface area contributed by atoms with Crippen LogP contribution in [-0.2, 0) is 6.18 Å². The number of nitrogens with zero attached hydrogens (tertiary/aromatic N) is 1. The molecule has 0 aliphatic rings. The maximum absolute atomic E-state index is 12.7. The summed E-state index contributed by atoms with van der Waals surface area (Å²) in [6.07, 6.45) is 2.22. The van der Waals surface area contributed by atoms with Gasteiger partial charge in [-0.3, -0.25) is 0 Å². The Bertz CT molecular complexity index is 404. The van der Waals surface area contributed by atoms with Gasteiger partial charge in [0.15, 0.2) is 5.01 Å². The van der Waals surface area contributed by atoms with E-state index in [9.17, 15) is 13.2 Å². The molecule has 0 bridgehead atoms. The van der Waals surface area contributed by atoms with Gasteiger partial charge in [0.25, 0.3) is 0 Å². The molecular formula is C15H25F3N2S. The lowest BCUT2D eigenvalue weighted by Gasteiger charge is -2.26. The molecule has 0 saturated carbocycles. The average molecular weight is 322 g/mol. The van der Waals surface area contributed by atoms with Crippen LogP contribution in [0.2, 0.25) is 0 Å². The number of hydrogen-bond acceptors (Lipinski definition) is 3. The van der Waals surface area contributed by atoms with Crippen molar-refractivity contribution in [2.75, 3.05) is 6.54 Å². The van der Waals surface area contributed by atoms with E-state index in [0.717, 1.165) is 50.0 Å². The number of aromatic nitrogens is 1. The minimum Gasteiger partial charge on any atom is -0.309 e. The van der Waals surface area contributed by atoms with Gasteiger partial charge in [-0.1, -0.05) is 40.0 Å². The van der Waals surface area contributed by atoms with Gasteiger partial charge in [-0.2, -0.15) is 13.2 Å². The fourth-order valence-corrected chi connectivity index (χ4v) is 3.39. The highest BCUT2D eigenvalue weighted by atomic mass is 32.1. The maximum Gasteiger partial charge on any atom is 0.443 e. The lowest BCUT2D eigenvalue weighted by Crippen LogP contribution is -2.28. The highest BCUT2D eigenvalue weighted by Crippen LogP contribution is 2.37. The van der Waals surface area contributed by atoms with Crippen molar-refractivity contribution in [1.29, 1.82) is 0 Å². The van der Waals surface area contributed by atoms with E-state index in [4.69, 9.17) is 0 Å². The smallest absolute Gasteiger partial charge is 0.309 e. The van der Waals surface area contributed by atoms with Crippen LogP contribution >= 0.6 is 11.3 Å². The molecule has 2 nitrogen and oxygen atoms in total. The molecule has 0 spiro atoms. The van der Waals surface area contributed by atoms with E-state index in [1.807, 2.05) is 0 Å². The second kappa shape index (κ2) is 8.73. The summed E-state index contributed by atoms with van der Waals surface area (Å²) >= 11 is 0.777. The van der Waals surface area contributed by atoms with E-state index >= 15 is 0 Å². The van der Waals surface area contributed by atoms with Crippen LogP contribution in [0.3, 0.4) is 0 Å². The van der Waals surface area contributed by atoms with Crippen LogP contribution in [0.25, 0.3) is 0 Å². The first-order valence-electron chi connectivity index (χ1n) is 7.70. The molecule has 1 aromatic rings. The van der Waals surface area contributed by atoms with E-state index in [1.165, 1.54) is 6.20 Å². The predicted octanol–water partition coefficient (Wildman–Crippen LogP) is 5.42. The third kappa shape index (κ3) is 5.58. The van der Waals surface area contributed by atoms with Crippen molar-refractivity contribution >= 4 is 11.3 Å². The Kier molecular flexibility index (Phi) is 7.66. The zero-order valence-electron chi connectivity index (χ0n) is 13.0. The van der Waals surface area contributed by atoms with Crippen molar-refractivity contribution < 1.29 is 13.2 Å². The molecule has 21 heavy (non-hydrogen) atoms. The first-order valence-corrected chi connectivity index (χ1v) is 8.51. The van der Waals surface area contributed by atoms with Crippen LogP contribution in [0.5, 0.6) is 0 Å². The van der Waals surface area contributed by atoms with E-state index in [1.54, 1.807) is 0 Å². The predicted molar refractivity (Wildman–Crippen MR) is 81.5 cm³/mol. The summed E-state index contributed by atoms with van der Waals surface area (Å²) in [6, 6.07) is -0.0184. The van der Waals surface area contributed by atoms with Crippen molar-refractivity contribution in [2.45, 2.75) is 65.1 Å². The van der Waals surface area contributed by atoms with E-state index in [2.05, 4.69) is 31.1 Å². The zero-order valence-corrected chi connectivity index (χ0v) is 13.8. The van der Waals surface area contributed by atoms with Crippen LogP contribution in [-0.4, -0.2) is 11.5 Å². The normalized spacial score (nSPS) is 15.1. The third-order valence-electron chi connectivity index (χ3n) is 3.61. The Labute approximate surface area is 129 Å². The zero-order chi connectivity index (χ0) is 15.9. The summed E-state index contributed by atoms with van der Waals surface area (Å²) in [5.74, 6) is 0.359. The molecule has 1 N–H and O–H groups in total. The Morgan fingerprint density at radius 2 is 1.95 bits per heavy atom. The lowest BCUT2D eigenvalue weighted by molar-refractivity contribution is -0.137. The number of alkyl halides is 3. The fourth-order valence-electron chi connectivity index (χ4n) is 2.43. The fraction of sp³-hybridized carbons (Fsp3) is 0.800. The van der Waals surface area contributed by atoms with Crippen molar-refractivity contribution in [2.24, 2.45) is 5.92 Å². The number of hydrogen-bond donors (Lipinski definition) is 1. The Morgan fingerprint density at radius 1 is 1.24 bits per heavy atom. The molecule has 0 fully saturated rings. The standard InChI is InChI=1S/C15H25F3N2S/c1-4-7-8-11(6-3)13(19-9-5-2)12-10-20-14(21-12)15(16,17)18/h10-11,13,19H,4-9H2,1-3H3. The number of unbranched alkanes of at least 4 members (excludes halogenated alkanes) is 1. The molecule has 122 valence electrons. The summed E-state index contributed by atoms with van der Waals surface area (Å²) in [7, 11) is 0. The number of rotatable bonds is 9. The lowest BCUT2D eigenvalue weighted by atomic mass is 9.90. The molecule has 6 heteroatoms. The SMILES string of the molecule is CCCCC(CC)C(NCCC)c1cnc(C(F)(F)F)s1. The van der Waals surface area contributed by atoms with E-state index in [-0.39, 0.29) is 6.04 Å². The van der Waals surface area contributed by atoms with Crippen molar-refractivity contribution in [3.8, 4) is 0 Å². The van der Waals surface area contributed by atoms with Gasteiger partial charge in [0, 0.05) is 17.1 Å². The van der Waals surface area contributed by atoms with Gasteiger partial charge < -0.3 is 5.32 Å². The summed E-state index contributed by atoms with van der Waals surface area (Å²) in [4.78, 5) is 4.27. The molecule has 0 saturated heterocycles. The van der Waals surface area contributed by atoms with Crippen LogP contribution in [0, 0.1) is 5.92 Å². The monoisotopic (exact) mass is 322 g/mol. The highest BCUT2D eigenvalue weighted by Gasteiger charge is 2.36. The number of halogens is 3. The van der Waals surface area contributed by atoms with Crippen LogP contribution in [0.4, 0.5) is 13.2 Å². The molecule has 2 unspecified atom stereocenters. The molecule has 0 aromatic carbocycles. The van der Waals surface area contributed by atoms with Crippen LogP contribution in [0.15, 0.2) is 6.20 Å². The average Bonchev–Trinajstić information content (AvgIpc) is 2.92. The van der Waals surface area contributed by atoms with Gasteiger partial charge in [0.2, 0.25) is 0 Å². The molecular weight excluding hydrogens is 297 g/mol. The van der Waals surface area contributed by atoms with Gasteiger partial charge in [-0.05, 0) is 25.3 Å². The summed E-state index contributed by atoms with van der Waals surface area (Å²) in [6.45, 7) is 7.11. The topological polar surface area (TPSA) is 24.9 Å². The second-order valence-corrected chi connectivity index (χ2v) is 6.37. The Hall–Kier alpha value is -0.620. The van der Waals surface area contributed by atoms with Gasteiger partial charge in [0.1, 0.15) is 0 Å². The van der Waals surface area contributed by atoms with Gasteiger partial charge >= 0.3 is 6.18 Å². The van der Waals surface area contributed by atoms with Crippen molar-refractivity contribution in [3.05, 3.63) is 16.1 Å². The summed E-state index contributed by atoms with van der Waals surface area (Å²) in [5.41, 5.74) is 0. The summed E-state index contributed by atoms with van der Waals surface area (Å²) < 4.78 is 38.2. The van der Waals surface area contributed by atoms with Crippen molar-refractivity contribution in [1.82, 2.24) is 10.3 Å². The minimum absolute atomic E-state index is 0.0184. The van der Waals surface area contributed by atoms with E-state index < -0.39 is 11.2 Å². The van der Waals surface area contributed by atoms with Crippen molar-refractivity contribution in [3.63, 3.8) is 0 Å². The minimum atomic E-state index is -4.34. The van der Waals surface area contributed by atoms with E-state index in [0.29, 0.717) is 10.8 Å². The molecule has 0 aliphatic heterocycles. The first-order chi connectivity index (χ1) is 9.93. The van der Waals surface area contributed by atoms with Gasteiger partial charge in [-0.25, -0.2) is 4.98 Å². The first kappa shape index (κ1) is 18.4. The molecule has 0 aliphatic carbocycles. The number of thiazole rings is 1. The van der Waals surface area contributed by atoms with Gasteiger partial charge in [0.05, 0.1) is 0 Å². The third-order valence-corrected chi connectivity index (χ3v) is 4.74. The Morgan fingerprint density at radius 3 is 2.43 bits per heavy atom. The molecule has 1 heterocycles. The van der Waals surface area contributed by atoms with Crippen LogP contribution in [0.1, 0.15) is 68.8 Å². The van der Waals surface area contributed by atoms with Crippen LogP contribution < -0.4 is 5.32 Å². The number of nitrogens with one attached hydrogen (secondary N) is 1.